The molecule has 4 rings (SSSR count). The molecule has 1 saturated heterocycles. The normalized spacial score (nSPS) is 18.2. The van der Waals surface area contributed by atoms with E-state index in [0.29, 0.717) is 18.5 Å². The summed E-state index contributed by atoms with van der Waals surface area (Å²) in [6.45, 7) is 5.77. The van der Waals surface area contributed by atoms with Crippen LogP contribution in [0.15, 0.2) is 89.8 Å². The lowest BCUT2D eigenvalue weighted by Crippen LogP contribution is -2.46. The predicted molar refractivity (Wildman–Crippen MR) is 150 cm³/mol. The van der Waals surface area contributed by atoms with Gasteiger partial charge in [-0.25, -0.2) is 13.2 Å². The number of nitrogens with zero attached hydrogens (tertiary/aromatic N) is 1. The number of hydrogen-bond donors (Lipinski definition) is 2. The first-order chi connectivity index (χ1) is 18.5. The van der Waals surface area contributed by atoms with Gasteiger partial charge in [0.15, 0.2) is 0 Å². The van der Waals surface area contributed by atoms with Gasteiger partial charge in [0.25, 0.3) is 0 Å². The fourth-order valence-electron chi connectivity index (χ4n) is 4.62. The zero-order valence-electron chi connectivity index (χ0n) is 22.5. The summed E-state index contributed by atoms with van der Waals surface area (Å²) in [5.74, 6) is -0.665. The molecule has 1 heterocycles. The fraction of sp³-hybridized carbons (Fsp3) is 0.333. The van der Waals surface area contributed by atoms with Crippen LogP contribution in [0.25, 0.3) is 0 Å². The van der Waals surface area contributed by atoms with Crippen molar-refractivity contribution in [1.82, 2.24) is 9.62 Å². The highest BCUT2D eigenvalue weighted by Crippen LogP contribution is 2.37. The lowest BCUT2D eigenvalue weighted by Gasteiger charge is -2.38. The van der Waals surface area contributed by atoms with E-state index in [9.17, 15) is 18.0 Å². The molecule has 0 aromatic heterocycles. The highest BCUT2D eigenvalue weighted by molar-refractivity contribution is 7.89. The molecule has 3 aromatic rings. The Morgan fingerprint density at radius 3 is 2.13 bits per heavy atom. The summed E-state index contributed by atoms with van der Waals surface area (Å²) in [5, 5.41) is 5.64. The molecule has 2 amide bonds. The van der Waals surface area contributed by atoms with Gasteiger partial charge in [-0.1, -0.05) is 60.7 Å². The molecule has 0 aliphatic carbocycles. The molecular formula is C30H35N3O5S. The molecule has 0 bridgehead atoms. The summed E-state index contributed by atoms with van der Waals surface area (Å²) < 4.78 is 34.1. The second-order valence-corrected chi connectivity index (χ2v) is 12.5. The number of rotatable bonds is 7. The van der Waals surface area contributed by atoms with Gasteiger partial charge in [0.05, 0.1) is 16.9 Å². The molecular weight excluding hydrogens is 514 g/mol. The first-order valence-electron chi connectivity index (χ1n) is 13.0. The highest BCUT2D eigenvalue weighted by Gasteiger charge is 2.40. The number of piperidine rings is 1. The Labute approximate surface area is 230 Å². The van der Waals surface area contributed by atoms with Gasteiger partial charge in [0.1, 0.15) is 5.60 Å². The average molecular weight is 550 g/mol. The van der Waals surface area contributed by atoms with Crippen molar-refractivity contribution in [2.24, 2.45) is 5.92 Å². The third kappa shape index (κ3) is 7.46. The van der Waals surface area contributed by atoms with Crippen molar-refractivity contribution in [3.63, 3.8) is 0 Å². The molecule has 2 N–H and O–H groups in total. The van der Waals surface area contributed by atoms with Crippen molar-refractivity contribution in [3.8, 4) is 0 Å². The number of sulfonamides is 1. The van der Waals surface area contributed by atoms with Crippen molar-refractivity contribution >= 4 is 27.7 Å². The number of ether oxygens (including phenoxy) is 1. The number of nitrogens with one attached hydrogen (secondary N) is 2. The Kier molecular flexibility index (Phi) is 8.72. The van der Waals surface area contributed by atoms with Gasteiger partial charge in [-0.15, -0.1) is 0 Å². The molecule has 1 aliphatic rings. The fourth-order valence-corrected chi connectivity index (χ4v) is 6.33. The average Bonchev–Trinajstić information content (AvgIpc) is 2.92. The summed E-state index contributed by atoms with van der Waals surface area (Å²) in [6.07, 6.45) is 0.578. The first-order valence-corrected chi connectivity index (χ1v) is 14.5. The summed E-state index contributed by atoms with van der Waals surface area (Å²) in [4.78, 5) is 25.3. The van der Waals surface area contributed by atoms with Crippen molar-refractivity contribution in [1.29, 1.82) is 0 Å². The number of hydrogen-bond acceptors (Lipinski definition) is 5. The van der Waals surface area contributed by atoms with E-state index in [2.05, 4.69) is 10.6 Å². The van der Waals surface area contributed by atoms with Crippen LogP contribution in [0.4, 0.5) is 10.5 Å². The molecule has 1 fully saturated rings. The van der Waals surface area contributed by atoms with Crippen LogP contribution in [0, 0.1) is 5.92 Å². The van der Waals surface area contributed by atoms with Gasteiger partial charge in [-0.05, 0) is 69.0 Å². The van der Waals surface area contributed by atoms with E-state index < -0.39 is 27.6 Å². The van der Waals surface area contributed by atoms with E-state index in [1.165, 1.54) is 4.31 Å². The summed E-state index contributed by atoms with van der Waals surface area (Å²) in [5.41, 5.74) is 1.76. The second kappa shape index (κ2) is 12.0. The van der Waals surface area contributed by atoms with E-state index in [1.807, 2.05) is 42.5 Å². The van der Waals surface area contributed by atoms with Crippen LogP contribution in [0.5, 0.6) is 0 Å². The van der Waals surface area contributed by atoms with Gasteiger partial charge in [-0.3, -0.25) is 10.1 Å². The Morgan fingerprint density at radius 2 is 1.51 bits per heavy atom. The minimum Gasteiger partial charge on any atom is -0.444 e. The van der Waals surface area contributed by atoms with Crippen molar-refractivity contribution in [2.45, 2.75) is 56.7 Å². The maximum absolute atomic E-state index is 13.7. The van der Waals surface area contributed by atoms with Crippen LogP contribution in [0.2, 0.25) is 0 Å². The number of carbonyl (C=O) groups excluding carboxylic acids is 2. The van der Waals surface area contributed by atoms with Gasteiger partial charge >= 0.3 is 6.09 Å². The van der Waals surface area contributed by atoms with E-state index in [0.717, 1.165) is 11.1 Å². The standard InChI is InChI=1S/C30H35N3O5S/c1-30(2,3)38-29(35)32-25-17-14-22(15-18-25)20-31-28(34)24-16-19-27(23-10-6-4-7-11-23)33(21-24)39(36,37)26-12-8-5-9-13-26/h4-15,17-18,24,27H,16,19-21H2,1-3H3,(H,31,34)(H,32,35)/t24-,27-/m1/s1. The van der Waals surface area contributed by atoms with Crippen LogP contribution < -0.4 is 10.6 Å². The lowest BCUT2D eigenvalue weighted by atomic mass is 9.90. The molecule has 39 heavy (non-hydrogen) atoms. The smallest absolute Gasteiger partial charge is 0.412 e. The predicted octanol–water partition coefficient (Wildman–Crippen LogP) is 5.49. The molecule has 1 aliphatic heterocycles. The van der Waals surface area contributed by atoms with Gasteiger partial charge in [-0.2, -0.15) is 4.31 Å². The van der Waals surface area contributed by atoms with Crippen molar-refractivity contribution in [3.05, 3.63) is 96.1 Å². The SMILES string of the molecule is CC(C)(C)OC(=O)Nc1ccc(CNC(=O)[C@@H]2CC[C@H](c3ccccc3)N(S(=O)(=O)c3ccccc3)C2)cc1. The maximum atomic E-state index is 13.7. The second-order valence-electron chi connectivity index (χ2n) is 10.6. The lowest BCUT2D eigenvalue weighted by molar-refractivity contribution is -0.126. The number of amides is 2. The largest absolute Gasteiger partial charge is 0.444 e. The monoisotopic (exact) mass is 549 g/mol. The Balaban J connectivity index is 1.42. The third-order valence-electron chi connectivity index (χ3n) is 6.51. The van der Waals surface area contributed by atoms with Crippen LogP contribution in [0.3, 0.4) is 0 Å². The molecule has 0 unspecified atom stereocenters. The van der Waals surface area contributed by atoms with Crippen LogP contribution in [0.1, 0.15) is 50.8 Å². The Hall–Kier alpha value is -3.69. The number of carbonyl (C=O) groups is 2. The summed E-state index contributed by atoms with van der Waals surface area (Å²) in [7, 11) is -3.81. The molecule has 2 atom stereocenters. The van der Waals surface area contributed by atoms with E-state index >= 15 is 0 Å². The van der Waals surface area contributed by atoms with E-state index in [4.69, 9.17) is 4.74 Å². The zero-order valence-corrected chi connectivity index (χ0v) is 23.3. The van der Waals surface area contributed by atoms with Gasteiger partial charge < -0.3 is 10.1 Å². The van der Waals surface area contributed by atoms with Gasteiger partial charge in [0.2, 0.25) is 15.9 Å². The molecule has 3 aromatic carbocycles. The maximum Gasteiger partial charge on any atom is 0.412 e. The molecule has 206 valence electrons. The topological polar surface area (TPSA) is 105 Å². The minimum absolute atomic E-state index is 0.0986. The Morgan fingerprint density at radius 1 is 0.897 bits per heavy atom. The summed E-state index contributed by atoms with van der Waals surface area (Å²) in [6, 6.07) is 24.7. The van der Waals surface area contributed by atoms with Crippen LogP contribution in [-0.2, 0) is 26.1 Å². The Bertz CT molecular complexity index is 1370. The first kappa shape index (κ1) is 28.3. The quantitative estimate of drug-likeness (QED) is 0.405. The van der Waals surface area contributed by atoms with E-state index in [1.54, 1.807) is 63.2 Å². The van der Waals surface area contributed by atoms with Crippen LogP contribution in [-0.4, -0.2) is 36.9 Å². The molecule has 8 nitrogen and oxygen atoms in total. The third-order valence-corrected chi connectivity index (χ3v) is 8.40. The van der Waals surface area contributed by atoms with Crippen molar-refractivity contribution in [2.75, 3.05) is 11.9 Å². The van der Waals surface area contributed by atoms with Crippen LogP contribution >= 0.6 is 0 Å². The van der Waals surface area contributed by atoms with Crippen molar-refractivity contribution < 1.29 is 22.7 Å². The number of benzene rings is 3. The zero-order chi connectivity index (χ0) is 28.0. The molecule has 0 radical (unpaired) electrons. The molecule has 0 saturated carbocycles. The highest BCUT2D eigenvalue weighted by atomic mass is 32.2. The molecule has 9 heteroatoms. The molecule has 0 spiro atoms. The van der Waals surface area contributed by atoms with Gasteiger partial charge in [0, 0.05) is 18.8 Å². The number of anilines is 1. The van der Waals surface area contributed by atoms with E-state index in [-0.39, 0.29) is 29.9 Å². The minimum atomic E-state index is -3.81. The summed E-state index contributed by atoms with van der Waals surface area (Å²) >= 11 is 0.